The summed E-state index contributed by atoms with van der Waals surface area (Å²) in [5.74, 6) is 0.108. The van der Waals surface area contributed by atoms with Gasteiger partial charge in [0.05, 0.1) is 0 Å². The summed E-state index contributed by atoms with van der Waals surface area (Å²) in [4.78, 5) is 16.3. The van der Waals surface area contributed by atoms with E-state index in [0.29, 0.717) is 6.61 Å². The summed E-state index contributed by atoms with van der Waals surface area (Å²) in [6.07, 6.45) is 0. The molecule has 0 saturated carbocycles. The molecule has 4 nitrogen and oxygen atoms in total. The van der Waals surface area contributed by atoms with Crippen LogP contribution in [0.15, 0.2) is 42.5 Å². The topological polar surface area (TPSA) is 32.8 Å². The van der Waals surface area contributed by atoms with Gasteiger partial charge in [0.1, 0.15) is 6.61 Å². The fraction of sp³-hybridized carbons (Fsp3) is 0.421. The van der Waals surface area contributed by atoms with Crippen molar-refractivity contribution in [1.29, 1.82) is 0 Å². The molecule has 1 fully saturated rings. The standard InChI is InChI=1S/C19H24N2O2/c1-2-23-15-19(22)21-12-10-20(11-13-21)14-17-8-5-7-16-6-3-4-9-18(16)17/h3-9H,2,10-15H2,1H3. The third-order valence-corrected chi connectivity index (χ3v) is 4.43. The summed E-state index contributed by atoms with van der Waals surface area (Å²) in [5, 5.41) is 2.61. The van der Waals surface area contributed by atoms with Gasteiger partial charge >= 0.3 is 0 Å². The molecule has 0 aromatic heterocycles. The predicted molar refractivity (Wildman–Crippen MR) is 92.3 cm³/mol. The maximum absolute atomic E-state index is 12.0. The van der Waals surface area contributed by atoms with Gasteiger partial charge in [0, 0.05) is 39.3 Å². The molecule has 3 rings (SSSR count). The lowest BCUT2D eigenvalue weighted by Crippen LogP contribution is -2.49. The molecule has 1 saturated heterocycles. The maximum Gasteiger partial charge on any atom is 0.248 e. The van der Waals surface area contributed by atoms with Gasteiger partial charge < -0.3 is 9.64 Å². The Morgan fingerprint density at radius 2 is 1.78 bits per heavy atom. The van der Waals surface area contributed by atoms with Crippen LogP contribution in [0.25, 0.3) is 10.8 Å². The Hall–Kier alpha value is -1.91. The first-order valence-corrected chi connectivity index (χ1v) is 8.32. The second kappa shape index (κ2) is 7.57. The molecule has 0 atom stereocenters. The van der Waals surface area contributed by atoms with Gasteiger partial charge in [-0.15, -0.1) is 0 Å². The quantitative estimate of drug-likeness (QED) is 0.850. The van der Waals surface area contributed by atoms with Crippen LogP contribution in [-0.4, -0.2) is 55.1 Å². The highest BCUT2D eigenvalue weighted by Crippen LogP contribution is 2.20. The van der Waals surface area contributed by atoms with Crippen LogP contribution >= 0.6 is 0 Å². The van der Waals surface area contributed by atoms with Crippen LogP contribution in [0.5, 0.6) is 0 Å². The van der Waals surface area contributed by atoms with Crippen molar-refractivity contribution >= 4 is 16.7 Å². The van der Waals surface area contributed by atoms with Crippen LogP contribution in [0.3, 0.4) is 0 Å². The minimum atomic E-state index is 0.108. The van der Waals surface area contributed by atoms with Gasteiger partial charge in [-0.2, -0.15) is 0 Å². The monoisotopic (exact) mass is 312 g/mol. The number of hydrogen-bond donors (Lipinski definition) is 0. The first-order chi connectivity index (χ1) is 11.3. The van der Waals surface area contributed by atoms with E-state index in [4.69, 9.17) is 4.74 Å². The van der Waals surface area contributed by atoms with Crippen LogP contribution in [0.1, 0.15) is 12.5 Å². The van der Waals surface area contributed by atoms with Gasteiger partial charge in [-0.1, -0.05) is 42.5 Å². The van der Waals surface area contributed by atoms with E-state index < -0.39 is 0 Å². The minimum absolute atomic E-state index is 0.108. The molecule has 0 spiro atoms. The Balaban J connectivity index is 1.59. The lowest BCUT2D eigenvalue weighted by molar-refractivity contribution is -0.137. The first kappa shape index (κ1) is 16.0. The largest absolute Gasteiger partial charge is 0.372 e. The van der Waals surface area contributed by atoms with Crippen LogP contribution in [0.2, 0.25) is 0 Å². The Labute approximate surface area is 137 Å². The number of carbonyl (C=O) groups is 1. The Bertz CT molecular complexity index is 658. The van der Waals surface area contributed by atoms with Crippen molar-refractivity contribution in [3.63, 3.8) is 0 Å². The first-order valence-electron chi connectivity index (χ1n) is 8.32. The third kappa shape index (κ3) is 3.89. The summed E-state index contributed by atoms with van der Waals surface area (Å²) in [6.45, 7) is 7.06. The van der Waals surface area contributed by atoms with E-state index in [2.05, 4.69) is 47.4 Å². The van der Waals surface area contributed by atoms with Gasteiger partial charge in [-0.05, 0) is 23.3 Å². The van der Waals surface area contributed by atoms with E-state index in [0.717, 1.165) is 32.7 Å². The molecule has 2 aromatic rings. The Kier molecular flexibility index (Phi) is 5.26. The van der Waals surface area contributed by atoms with Crippen molar-refractivity contribution in [3.8, 4) is 0 Å². The highest BCUT2D eigenvalue weighted by atomic mass is 16.5. The molecule has 122 valence electrons. The van der Waals surface area contributed by atoms with E-state index in [1.165, 1.54) is 16.3 Å². The van der Waals surface area contributed by atoms with E-state index in [9.17, 15) is 4.79 Å². The summed E-state index contributed by atoms with van der Waals surface area (Å²) in [7, 11) is 0. The highest BCUT2D eigenvalue weighted by Gasteiger charge is 2.21. The molecule has 1 aliphatic heterocycles. The second-order valence-corrected chi connectivity index (χ2v) is 5.93. The molecule has 1 heterocycles. The highest BCUT2D eigenvalue weighted by molar-refractivity contribution is 5.85. The molecule has 0 N–H and O–H groups in total. The molecule has 0 aliphatic carbocycles. The van der Waals surface area contributed by atoms with Crippen molar-refractivity contribution in [2.75, 3.05) is 39.4 Å². The van der Waals surface area contributed by atoms with Gasteiger partial charge in [-0.25, -0.2) is 0 Å². The van der Waals surface area contributed by atoms with Gasteiger partial charge in [-0.3, -0.25) is 9.69 Å². The zero-order valence-corrected chi connectivity index (χ0v) is 13.7. The molecular weight excluding hydrogens is 288 g/mol. The number of benzene rings is 2. The molecule has 0 radical (unpaired) electrons. The van der Waals surface area contributed by atoms with Crippen molar-refractivity contribution in [1.82, 2.24) is 9.80 Å². The van der Waals surface area contributed by atoms with Crippen molar-refractivity contribution < 1.29 is 9.53 Å². The van der Waals surface area contributed by atoms with Crippen LogP contribution in [0.4, 0.5) is 0 Å². The van der Waals surface area contributed by atoms with Crippen molar-refractivity contribution in [2.45, 2.75) is 13.5 Å². The number of rotatable bonds is 5. The maximum atomic E-state index is 12.0. The fourth-order valence-corrected chi connectivity index (χ4v) is 3.11. The smallest absolute Gasteiger partial charge is 0.248 e. The number of piperazine rings is 1. The number of amides is 1. The molecule has 23 heavy (non-hydrogen) atoms. The van der Waals surface area contributed by atoms with Gasteiger partial charge in [0.2, 0.25) is 5.91 Å². The summed E-state index contributed by atoms with van der Waals surface area (Å²) >= 11 is 0. The molecule has 4 heteroatoms. The number of hydrogen-bond acceptors (Lipinski definition) is 3. The Morgan fingerprint density at radius 1 is 1.04 bits per heavy atom. The molecule has 0 bridgehead atoms. The number of fused-ring (bicyclic) bond motifs is 1. The van der Waals surface area contributed by atoms with Crippen LogP contribution < -0.4 is 0 Å². The number of nitrogens with zero attached hydrogens (tertiary/aromatic N) is 2. The zero-order chi connectivity index (χ0) is 16.1. The lowest BCUT2D eigenvalue weighted by atomic mass is 10.0. The second-order valence-electron chi connectivity index (χ2n) is 5.93. The lowest BCUT2D eigenvalue weighted by Gasteiger charge is -2.34. The number of carbonyl (C=O) groups excluding carboxylic acids is 1. The van der Waals surface area contributed by atoms with Gasteiger partial charge in [0.15, 0.2) is 0 Å². The molecule has 1 amide bonds. The zero-order valence-electron chi connectivity index (χ0n) is 13.7. The number of ether oxygens (including phenoxy) is 1. The summed E-state index contributed by atoms with van der Waals surface area (Å²) in [6, 6.07) is 15.0. The van der Waals surface area contributed by atoms with E-state index in [1.54, 1.807) is 0 Å². The van der Waals surface area contributed by atoms with E-state index >= 15 is 0 Å². The van der Waals surface area contributed by atoms with Crippen molar-refractivity contribution in [3.05, 3.63) is 48.0 Å². The third-order valence-electron chi connectivity index (χ3n) is 4.43. The molecule has 2 aromatic carbocycles. The predicted octanol–water partition coefficient (Wildman–Crippen LogP) is 2.52. The van der Waals surface area contributed by atoms with Gasteiger partial charge in [0.25, 0.3) is 0 Å². The normalized spacial score (nSPS) is 16.0. The molecule has 0 unspecified atom stereocenters. The molecular formula is C19H24N2O2. The average molecular weight is 312 g/mol. The summed E-state index contributed by atoms with van der Waals surface area (Å²) in [5.41, 5.74) is 1.36. The van der Waals surface area contributed by atoms with Crippen LogP contribution in [-0.2, 0) is 16.1 Å². The SMILES string of the molecule is CCOCC(=O)N1CCN(Cc2cccc3ccccc23)CC1. The average Bonchev–Trinajstić information content (AvgIpc) is 2.60. The van der Waals surface area contributed by atoms with Crippen LogP contribution in [0, 0.1) is 0 Å². The fourth-order valence-electron chi connectivity index (χ4n) is 3.11. The van der Waals surface area contributed by atoms with E-state index in [-0.39, 0.29) is 12.5 Å². The minimum Gasteiger partial charge on any atom is -0.372 e. The van der Waals surface area contributed by atoms with Crippen molar-refractivity contribution in [2.24, 2.45) is 0 Å². The Morgan fingerprint density at radius 3 is 2.57 bits per heavy atom. The van der Waals surface area contributed by atoms with E-state index in [1.807, 2.05) is 11.8 Å². The summed E-state index contributed by atoms with van der Waals surface area (Å²) < 4.78 is 5.21. The molecule has 1 aliphatic rings.